The second kappa shape index (κ2) is 6.20. The first-order chi connectivity index (χ1) is 8.27. The van der Waals surface area contributed by atoms with Crippen molar-refractivity contribution < 1.29 is 9.90 Å². The standard InChI is InChI=1S/C14H23NO2/c16-13-9-5-4-8-12(13)10-15-14(17)11-6-2-1-3-7-11/h1-2,11-13,16H,3-10H2,(H,15,17). The molecule has 3 nitrogen and oxygen atoms in total. The molecule has 3 atom stereocenters. The first-order valence-electron chi connectivity index (χ1n) is 6.88. The first kappa shape index (κ1) is 12.6. The van der Waals surface area contributed by atoms with E-state index in [1.54, 1.807) is 0 Å². The van der Waals surface area contributed by atoms with Crippen molar-refractivity contribution in [2.45, 2.75) is 51.0 Å². The van der Waals surface area contributed by atoms with Crippen LogP contribution in [0.1, 0.15) is 44.9 Å². The summed E-state index contributed by atoms with van der Waals surface area (Å²) < 4.78 is 0. The minimum atomic E-state index is -0.213. The van der Waals surface area contributed by atoms with Gasteiger partial charge < -0.3 is 10.4 Å². The van der Waals surface area contributed by atoms with Gasteiger partial charge in [-0.05, 0) is 32.1 Å². The van der Waals surface area contributed by atoms with E-state index in [4.69, 9.17) is 0 Å². The molecule has 0 saturated heterocycles. The van der Waals surface area contributed by atoms with Crippen LogP contribution in [0.3, 0.4) is 0 Å². The second-order valence-electron chi connectivity index (χ2n) is 5.34. The van der Waals surface area contributed by atoms with Crippen LogP contribution >= 0.6 is 0 Å². The second-order valence-corrected chi connectivity index (χ2v) is 5.34. The molecular weight excluding hydrogens is 214 g/mol. The Morgan fingerprint density at radius 3 is 2.76 bits per heavy atom. The minimum Gasteiger partial charge on any atom is -0.393 e. The van der Waals surface area contributed by atoms with Crippen molar-refractivity contribution in [1.82, 2.24) is 5.32 Å². The Morgan fingerprint density at radius 1 is 1.24 bits per heavy atom. The summed E-state index contributed by atoms with van der Waals surface area (Å²) in [6.07, 6.45) is 11.1. The molecule has 0 aromatic carbocycles. The quantitative estimate of drug-likeness (QED) is 0.738. The van der Waals surface area contributed by atoms with E-state index < -0.39 is 0 Å². The van der Waals surface area contributed by atoms with Gasteiger partial charge in [0.25, 0.3) is 0 Å². The van der Waals surface area contributed by atoms with Crippen molar-refractivity contribution >= 4 is 5.91 Å². The lowest BCUT2D eigenvalue weighted by Gasteiger charge is -2.28. The van der Waals surface area contributed by atoms with Crippen LogP contribution < -0.4 is 5.32 Å². The van der Waals surface area contributed by atoms with Crippen molar-refractivity contribution in [2.24, 2.45) is 11.8 Å². The van der Waals surface area contributed by atoms with Crippen LogP contribution in [0.15, 0.2) is 12.2 Å². The number of rotatable bonds is 3. The predicted molar refractivity (Wildman–Crippen MR) is 67.5 cm³/mol. The van der Waals surface area contributed by atoms with Crippen molar-refractivity contribution in [1.29, 1.82) is 0 Å². The SMILES string of the molecule is O=C(NCC1CCCCC1O)C1CC=CCC1. The number of hydrogen-bond donors (Lipinski definition) is 2. The molecule has 0 heterocycles. The third-order valence-electron chi connectivity index (χ3n) is 4.05. The molecule has 0 aliphatic heterocycles. The van der Waals surface area contributed by atoms with Gasteiger partial charge in [-0.15, -0.1) is 0 Å². The first-order valence-corrected chi connectivity index (χ1v) is 6.88. The van der Waals surface area contributed by atoms with E-state index in [1.165, 1.54) is 6.42 Å². The normalized spacial score (nSPS) is 33.4. The van der Waals surface area contributed by atoms with Crippen LogP contribution in [-0.4, -0.2) is 23.7 Å². The largest absolute Gasteiger partial charge is 0.393 e. The number of aliphatic hydroxyl groups is 1. The fourth-order valence-corrected chi connectivity index (χ4v) is 2.83. The molecule has 2 N–H and O–H groups in total. The van der Waals surface area contributed by atoms with Gasteiger partial charge in [0.15, 0.2) is 0 Å². The van der Waals surface area contributed by atoms with Gasteiger partial charge in [0.1, 0.15) is 0 Å². The molecule has 2 aliphatic rings. The van der Waals surface area contributed by atoms with Crippen molar-refractivity contribution in [3.63, 3.8) is 0 Å². The van der Waals surface area contributed by atoms with E-state index in [1.807, 2.05) is 0 Å². The van der Waals surface area contributed by atoms with Crippen molar-refractivity contribution in [3.8, 4) is 0 Å². The van der Waals surface area contributed by atoms with Crippen LogP contribution in [0.4, 0.5) is 0 Å². The Hall–Kier alpha value is -0.830. The van der Waals surface area contributed by atoms with E-state index in [9.17, 15) is 9.90 Å². The molecule has 1 saturated carbocycles. The fraction of sp³-hybridized carbons (Fsp3) is 0.786. The molecular formula is C14H23NO2. The molecule has 96 valence electrons. The number of aliphatic hydroxyl groups excluding tert-OH is 1. The van der Waals surface area contributed by atoms with E-state index in [0.29, 0.717) is 6.54 Å². The highest BCUT2D eigenvalue weighted by Gasteiger charge is 2.25. The van der Waals surface area contributed by atoms with Crippen LogP contribution in [-0.2, 0) is 4.79 Å². The molecule has 1 fully saturated rings. The maximum Gasteiger partial charge on any atom is 0.223 e. The average Bonchev–Trinajstić information content (AvgIpc) is 2.38. The number of nitrogens with one attached hydrogen (secondary N) is 1. The third-order valence-corrected chi connectivity index (χ3v) is 4.05. The van der Waals surface area contributed by atoms with Crippen LogP contribution in [0.2, 0.25) is 0 Å². The van der Waals surface area contributed by atoms with Gasteiger partial charge in [0, 0.05) is 18.4 Å². The molecule has 2 aliphatic carbocycles. The molecule has 0 bridgehead atoms. The smallest absolute Gasteiger partial charge is 0.223 e. The molecule has 17 heavy (non-hydrogen) atoms. The number of allylic oxidation sites excluding steroid dienone is 2. The van der Waals surface area contributed by atoms with Crippen LogP contribution in [0, 0.1) is 11.8 Å². The van der Waals surface area contributed by atoms with Crippen LogP contribution in [0.5, 0.6) is 0 Å². The summed E-state index contributed by atoms with van der Waals surface area (Å²) in [7, 11) is 0. The molecule has 3 unspecified atom stereocenters. The predicted octanol–water partition coefficient (Wildman–Crippen LogP) is 2.01. The van der Waals surface area contributed by atoms with E-state index in [2.05, 4.69) is 17.5 Å². The monoisotopic (exact) mass is 237 g/mol. The highest BCUT2D eigenvalue weighted by molar-refractivity contribution is 5.78. The fourth-order valence-electron chi connectivity index (χ4n) is 2.83. The maximum absolute atomic E-state index is 11.9. The Kier molecular flexibility index (Phi) is 4.60. The van der Waals surface area contributed by atoms with Gasteiger partial charge in [-0.2, -0.15) is 0 Å². The number of amides is 1. The van der Waals surface area contributed by atoms with Gasteiger partial charge in [-0.1, -0.05) is 25.0 Å². The zero-order valence-electron chi connectivity index (χ0n) is 10.4. The molecule has 2 rings (SSSR count). The molecule has 3 heteroatoms. The number of carbonyl (C=O) groups is 1. The van der Waals surface area contributed by atoms with Crippen LogP contribution in [0.25, 0.3) is 0 Å². The lowest BCUT2D eigenvalue weighted by Crippen LogP contribution is -2.39. The Labute approximate surface area is 103 Å². The minimum absolute atomic E-state index is 0.153. The Morgan fingerprint density at radius 2 is 2.06 bits per heavy atom. The Balaban J connectivity index is 1.73. The molecule has 1 amide bonds. The molecule has 0 radical (unpaired) electrons. The van der Waals surface area contributed by atoms with Gasteiger partial charge in [0.05, 0.1) is 6.10 Å². The Bertz CT molecular complexity index is 288. The summed E-state index contributed by atoms with van der Waals surface area (Å²) in [5.74, 6) is 0.597. The third kappa shape index (κ3) is 3.56. The van der Waals surface area contributed by atoms with Crippen molar-refractivity contribution in [3.05, 3.63) is 12.2 Å². The molecule has 0 aromatic heterocycles. The number of carbonyl (C=O) groups excluding carboxylic acids is 1. The summed E-state index contributed by atoms with van der Waals surface area (Å²) in [6.45, 7) is 0.653. The maximum atomic E-state index is 11.9. The number of hydrogen-bond acceptors (Lipinski definition) is 2. The summed E-state index contributed by atoms with van der Waals surface area (Å²) in [4.78, 5) is 11.9. The average molecular weight is 237 g/mol. The summed E-state index contributed by atoms with van der Waals surface area (Å²) in [6, 6.07) is 0. The van der Waals surface area contributed by atoms with Gasteiger partial charge in [0.2, 0.25) is 5.91 Å². The highest BCUT2D eigenvalue weighted by Crippen LogP contribution is 2.24. The van der Waals surface area contributed by atoms with Crippen molar-refractivity contribution in [2.75, 3.05) is 6.54 Å². The molecule has 0 aromatic rings. The molecule has 0 spiro atoms. The van der Waals surface area contributed by atoms with Gasteiger partial charge in [-0.25, -0.2) is 0 Å². The summed E-state index contributed by atoms with van der Waals surface area (Å²) in [5, 5.41) is 12.8. The summed E-state index contributed by atoms with van der Waals surface area (Å²) >= 11 is 0. The van der Waals surface area contributed by atoms with E-state index in [0.717, 1.165) is 38.5 Å². The van der Waals surface area contributed by atoms with Gasteiger partial charge >= 0.3 is 0 Å². The topological polar surface area (TPSA) is 49.3 Å². The lowest BCUT2D eigenvalue weighted by atomic mass is 9.86. The summed E-state index contributed by atoms with van der Waals surface area (Å²) in [5.41, 5.74) is 0. The highest BCUT2D eigenvalue weighted by atomic mass is 16.3. The van der Waals surface area contributed by atoms with E-state index >= 15 is 0 Å². The lowest BCUT2D eigenvalue weighted by molar-refractivity contribution is -0.125. The zero-order chi connectivity index (χ0) is 12.1. The van der Waals surface area contributed by atoms with E-state index in [-0.39, 0.29) is 23.8 Å². The zero-order valence-corrected chi connectivity index (χ0v) is 10.4. The van der Waals surface area contributed by atoms with Gasteiger partial charge in [-0.3, -0.25) is 4.79 Å².